The molecule has 0 radical (unpaired) electrons. The predicted molar refractivity (Wildman–Crippen MR) is 98.8 cm³/mol. The lowest BCUT2D eigenvalue weighted by molar-refractivity contribution is 0.0988. The minimum absolute atomic E-state index is 0.0818. The third kappa shape index (κ3) is 3.65. The van der Waals surface area contributed by atoms with Gasteiger partial charge in [-0.15, -0.1) is 0 Å². The number of Topliss-reactive ketones (excluding diaryl/α,β-unsaturated/α-hetero) is 1. The van der Waals surface area contributed by atoms with Gasteiger partial charge in [0.2, 0.25) is 10.0 Å². The third-order valence-corrected chi connectivity index (χ3v) is 7.65. The molecule has 0 unspecified atom stereocenters. The Morgan fingerprint density at radius 2 is 2.15 bits per heavy atom. The molecule has 7 nitrogen and oxygen atoms in total. The van der Waals surface area contributed by atoms with E-state index in [9.17, 15) is 17.4 Å². The Morgan fingerprint density at radius 1 is 1.38 bits per heavy atom. The smallest absolute Gasteiger partial charge is 0.243 e. The molecule has 26 heavy (non-hydrogen) atoms. The van der Waals surface area contributed by atoms with Crippen LogP contribution in [0.3, 0.4) is 0 Å². The molecular formula is C17H21N3O4S2. The number of aryl methyl sites for hydroxylation is 1. The molecule has 3 rings (SSSR count). The Kier molecular flexibility index (Phi) is 5.40. The molecular weight excluding hydrogens is 374 g/mol. The Labute approximate surface area is 155 Å². The number of hydrogen-bond donors (Lipinski definition) is 0. The number of carbonyl (C=O) groups is 1. The molecule has 9 heteroatoms. The molecule has 0 aliphatic carbocycles. The second-order valence-corrected chi connectivity index (χ2v) is 9.71. The van der Waals surface area contributed by atoms with Crippen molar-refractivity contribution in [2.24, 2.45) is 7.05 Å². The average Bonchev–Trinajstić information content (AvgIpc) is 3.07. The lowest BCUT2D eigenvalue weighted by Gasteiger charge is -2.33. The van der Waals surface area contributed by atoms with Gasteiger partial charge in [-0.05, 0) is 12.1 Å². The first-order chi connectivity index (χ1) is 12.3. The Bertz CT molecular complexity index is 952. The highest BCUT2D eigenvalue weighted by Crippen LogP contribution is 2.31. The first-order valence-corrected chi connectivity index (χ1v) is 11.2. The zero-order valence-electron chi connectivity index (χ0n) is 14.7. The van der Waals surface area contributed by atoms with Gasteiger partial charge in [-0.2, -0.15) is 9.40 Å². The third-order valence-electron chi connectivity index (χ3n) is 4.42. The summed E-state index contributed by atoms with van der Waals surface area (Å²) in [7, 11) is -3.16. The van der Waals surface area contributed by atoms with Gasteiger partial charge in [0.1, 0.15) is 0 Å². The maximum Gasteiger partial charge on any atom is 0.243 e. The molecule has 0 spiro atoms. The van der Waals surface area contributed by atoms with Crippen LogP contribution < -0.4 is 0 Å². The van der Waals surface area contributed by atoms with E-state index in [1.54, 1.807) is 43.2 Å². The minimum Gasteiger partial charge on any atom is -0.294 e. The van der Waals surface area contributed by atoms with Gasteiger partial charge in [-0.3, -0.25) is 13.7 Å². The summed E-state index contributed by atoms with van der Waals surface area (Å²) in [5.41, 5.74) is 1.09. The van der Waals surface area contributed by atoms with Gasteiger partial charge < -0.3 is 0 Å². The first-order valence-electron chi connectivity index (χ1n) is 8.31. The predicted octanol–water partition coefficient (Wildman–Crippen LogP) is 1.51. The first kappa shape index (κ1) is 18.9. The van der Waals surface area contributed by atoms with E-state index in [1.165, 1.54) is 16.4 Å². The maximum atomic E-state index is 13.2. The highest BCUT2D eigenvalue weighted by atomic mass is 32.2. The molecule has 2 heterocycles. The fourth-order valence-electron chi connectivity index (χ4n) is 3.02. The highest BCUT2D eigenvalue weighted by molar-refractivity contribution is 7.89. The zero-order chi connectivity index (χ0) is 18.9. The molecule has 1 aliphatic rings. The highest BCUT2D eigenvalue weighted by Gasteiger charge is 2.37. The molecule has 1 aliphatic heterocycles. The molecule has 0 saturated carbocycles. The molecule has 140 valence electrons. The van der Waals surface area contributed by atoms with E-state index in [2.05, 4.69) is 5.10 Å². The van der Waals surface area contributed by atoms with Crippen LogP contribution in [0.5, 0.6) is 0 Å². The van der Waals surface area contributed by atoms with Crippen molar-refractivity contribution < 1.29 is 17.4 Å². The van der Waals surface area contributed by atoms with Crippen LogP contribution in [0.4, 0.5) is 0 Å². The summed E-state index contributed by atoms with van der Waals surface area (Å²) >= 11 is 0. The van der Waals surface area contributed by atoms with E-state index in [4.69, 9.17) is 0 Å². The van der Waals surface area contributed by atoms with Crippen LogP contribution in [0.1, 0.15) is 35.3 Å². The Hall–Kier alpha value is -1.84. The largest absolute Gasteiger partial charge is 0.294 e. The topological polar surface area (TPSA) is 89.3 Å². The van der Waals surface area contributed by atoms with Gasteiger partial charge in [-0.25, -0.2) is 8.42 Å². The quantitative estimate of drug-likeness (QED) is 0.716. The van der Waals surface area contributed by atoms with Crippen LogP contribution >= 0.6 is 0 Å². The van der Waals surface area contributed by atoms with E-state index in [0.717, 1.165) is 0 Å². The standard InChI is InChI=1S/C17H21N3O4S2/c1-3-17(21)13-5-4-6-15(9-13)26(23,24)20-7-8-25(22)12-16(20)14-10-18-19(2)11-14/h4-6,9-11,16H,3,7-8,12H2,1-2H3/t16-,25-/m0/s1. The van der Waals surface area contributed by atoms with Gasteiger partial charge in [0.25, 0.3) is 0 Å². The maximum absolute atomic E-state index is 13.2. The van der Waals surface area contributed by atoms with Crippen LogP contribution in [-0.2, 0) is 27.9 Å². The SMILES string of the molecule is CCC(=O)c1cccc(S(=O)(=O)N2CC[S@](=O)C[C@H]2c2cnn(C)c2)c1. The molecule has 1 aromatic carbocycles. The summed E-state index contributed by atoms with van der Waals surface area (Å²) < 4.78 is 41.5. The number of rotatable bonds is 5. The fourth-order valence-corrected chi connectivity index (χ4v) is 6.18. The van der Waals surface area contributed by atoms with Crippen molar-refractivity contribution in [1.82, 2.24) is 14.1 Å². The van der Waals surface area contributed by atoms with Crippen LogP contribution in [0.2, 0.25) is 0 Å². The minimum atomic E-state index is -3.83. The molecule has 1 saturated heterocycles. The molecule has 2 atom stereocenters. The fraction of sp³-hybridized carbons (Fsp3) is 0.412. The number of nitrogens with zero attached hydrogens (tertiary/aromatic N) is 3. The van der Waals surface area contributed by atoms with E-state index in [-0.39, 0.29) is 23.0 Å². The van der Waals surface area contributed by atoms with Gasteiger partial charge in [-0.1, -0.05) is 19.1 Å². The number of aromatic nitrogens is 2. The van der Waals surface area contributed by atoms with Gasteiger partial charge >= 0.3 is 0 Å². The van der Waals surface area contributed by atoms with E-state index >= 15 is 0 Å². The van der Waals surface area contributed by atoms with Crippen molar-refractivity contribution in [2.75, 3.05) is 18.1 Å². The second kappa shape index (κ2) is 7.42. The van der Waals surface area contributed by atoms with Gasteiger partial charge in [0.15, 0.2) is 5.78 Å². The number of hydrogen-bond acceptors (Lipinski definition) is 5. The van der Waals surface area contributed by atoms with Crippen LogP contribution in [0.25, 0.3) is 0 Å². The Balaban J connectivity index is 2.01. The normalized spacial score (nSPS) is 21.6. The van der Waals surface area contributed by atoms with E-state index < -0.39 is 26.9 Å². The number of benzene rings is 1. The zero-order valence-corrected chi connectivity index (χ0v) is 16.3. The summed E-state index contributed by atoms with van der Waals surface area (Å²) in [6, 6.07) is 5.58. The lowest BCUT2D eigenvalue weighted by atomic mass is 10.1. The average molecular weight is 396 g/mol. The van der Waals surface area contributed by atoms with Gasteiger partial charge in [0.05, 0.1) is 17.1 Å². The summed E-state index contributed by atoms with van der Waals surface area (Å²) in [6.45, 7) is 1.91. The Morgan fingerprint density at radius 3 is 2.81 bits per heavy atom. The van der Waals surface area contributed by atoms with Crippen molar-refractivity contribution in [3.8, 4) is 0 Å². The van der Waals surface area contributed by atoms with Crippen LogP contribution in [0, 0.1) is 0 Å². The van der Waals surface area contributed by atoms with Crippen molar-refractivity contribution >= 4 is 26.6 Å². The monoisotopic (exact) mass is 395 g/mol. The summed E-state index contributed by atoms with van der Waals surface area (Å²) in [5.74, 6) is 0.424. The molecule has 2 aromatic rings. The lowest BCUT2D eigenvalue weighted by Crippen LogP contribution is -2.44. The van der Waals surface area contributed by atoms with Crippen molar-refractivity contribution in [3.05, 3.63) is 47.8 Å². The molecule has 0 amide bonds. The van der Waals surface area contributed by atoms with Crippen molar-refractivity contribution in [2.45, 2.75) is 24.3 Å². The second-order valence-electron chi connectivity index (χ2n) is 6.19. The van der Waals surface area contributed by atoms with Crippen molar-refractivity contribution in [1.29, 1.82) is 0 Å². The van der Waals surface area contributed by atoms with Crippen molar-refractivity contribution in [3.63, 3.8) is 0 Å². The molecule has 0 bridgehead atoms. The van der Waals surface area contributed by atoms with Crippen LogP contribution in [0.15, 0.2) is 41.6 Å². The number of sulfonamides is 1. The van der Waals surface area contributed by atoms with E-state index in [1.807, 2.05) is 0 Å². The number of ketones is 1. The summed E-state index contributed by atoms with van der Waals surface area (Å²) in [4.78, 5) is 12.0. The van der Waals surface area contributed by atoms with Crippen LogP contribution in [-0.4, -0.2) is 50.5 Å². The molecule has 0 N–H and O–H groups in total. The number of carbonyl (C=O) groups excluding carboxylic acids is 1. The van der Waals surface area contributed by atoms with Gasteiger partial charge in [0, 0.05) is 59.6 Å². The summed E-state index contributed by atoms with van der Waals surface area (Å²) in [6.07, 6.45) is 3.66. The van der Waals surface area contributed by atoms with E-state index in [0.29, 0.717) is 23.3 Å². The molecule has 1 aromatic heterocycles. The summed E-state index contributed by atoms with van der Waals surface area (Å²) in [5, 5.41) is 4.11. The molecule has 1 fully saturated rings.